The van der Waals surface area contributed by atoms with Crippen LogP contribution in [0.3, 0.4) is 0 Å². The van der Waals surface area contributed by atoms with E-state index in [1.807, 2.05) is 0 Å². The molecule has 0 heterocycles. The van der Waals surface area contributed by atoms with E-state index in [0.717, 1.165) is 6.07 Å². The molecule has 0 aliphatic carbocycles. The summed E-state index contributed by atoms with van der Waals surface area (Å²) in [6.45, 7) is 0. The van der Waals surface area contributed by atoms with Crippen molar-refractivity contribution in [1.82, 2.24) is 0 Å². The highest BCUT2D eigenvalue weighted by molar-refractivity contribution is 5.75. The number of ether oxygens (including phenoxy) is 1. The number of carboxylic acids is 1. The highest BCUT2D eigenvalue weighted by Crippen LogP contribution is 2.21. The van der Waals surface area contributed by atoms with E-state index in [0.29, 0.717) is 5.75 Å². The zero-order valence-corrected chi connectivity index (χ0v) is 7.53. The van der Waals surface area contributed by atoms with Crippen LogP contribution >= 0.6 is 0 Å². The van der Waals surface area contributed by atoms with Gasteiger partial charge in [0, 0.05) is 5.56 Å². The van der Waals surface area contributed by atoms with Crippen LogP contribution in [0.2, 0.25) is 0 Å². The second-order valence-electron chi connectivity index (χ2n) is 2.70. The summed E-state index contributed by atoms with van der Waals surface area (Å²) < 4.78 is 17.9. The standard InChI is InChI=1S/C9H10FNO3/c1-14-5-2-3-7(10)6(4-5)8(11)9(12)13/h2-4,8H,11H2,1H3,(H,12,13)/t8-/m1/s1. The van der Waals surface area contributed by atoms with Crippen LogP contribution in [0.15, 0.2) is 18.2 Å². The fourth-order valence-electron chi connectivity index (χ4n) is 1.02. The Morgan fingerprint density at radius 1 is 1.64 bits per heavy atom. The van der Waals surface area contributed by atoms with Crippen molar-refractivity contribution in [3.05, 3.63) is 29.6 Å². The van der Waals surface area contributed by atoms with Crippen LogP contribution in [-0.2, 0) is 4.79 Å². The molecular formula is C9H10FNO3. The Kier molecular flexibility index (Phi) is 3.03. The molecule has 0 bridgehead atoms. The maximum absolute atomic E-state index is 13.1. The number of rotatable bonds is 3. The summed E-state index contributed by atoms with van der Waals surface area (Å²) >= 11 is 0. The molecule has 1 aromatic rings. The molecule has 0 saturated carbocycles. The number of carbonyl (C=O) groups is 1. The van der Waals surface area contributed by atoms with Gasteiger partial charge in [-0.15, -0.1) is 0 Å². The van der Waals surface area contributed by atoms with Crippen LogP contribution < -0.4 is 10.5 Å². The van der Waals surface area contributed by atoms with Gasteiger partial charge in [0.25, 0.3) is 0 Å². The fourth-order valence-corrected chi connectivity index (χ4v) is 1.02. The Morgan fingerprint density at radius 2 is 2.29 bits per heavy atom. The predicted molar refractivity (Wildman–Crippen MR) is 47.5 cm³/mol. The van der Waals surface area contributed by atoms with E-state index in [4.69, 9.17) is 15.6 Å². The third-order valence-corrected chi connectivity index (χ3v) is 1.80. The molecule has 0 aliphatic rings. The number of aliphatic carboxylic acids is 1. The maximum Gasteiger partial charge on any atom is 0.325 e. The molecule has 0 radical (unpaired) electrons. The largest absolute Gasteiger partial charge is 0.497 e. The lowest BCUT2D eigenvalue weighted by Crippen LogP contribution is -2.21. The summed E-state index contributed by atoms with van der Waals surface area (Å²) in [5.41, 5.74) is 5.18. The number of carboxylic acid groups (broad SMARTS) is 1. The summed E-state index contributed by atoms with van der Waals surface area (Å²) in [6.07, 6.45) is 0. The molecular weight excluding hydrogens is 189 g/mol. The van der Waals surface area contributed by atoms with Crippen LogP contribution in [-0.4, -0.2) is 18.2 Å². The van der Waals surface area contributed by atoms with E-state index in [1.54, 1.807) is 0 Å². The topological polar surface area (TPSA) is 72.5 Å². The molecule has 0 aliphatic heterocycles. The zero-order valence-electron chi connectivity index (χ0n) is 7.53. The minimum Gasteiger partial charge on any atom is -0.497 e. The van der Waals surface area contributed by atoms with Crippen molar-refractivity contribution in [2.45, 2.75) is 6.04 Å². The second kappa shape index (κ2) is 4.06. The van der Waals surface area contributed by atoms with Gasteiger partial charge in [-0.3, -0.25) is 4.79 Å². The lowest BCUT2D eigenvalue weighted by molar-refractivity contribution is -0.138. The summed E-state index contributed by atoms with van der Waals surface area (Å²) in [6, 6.07) is 2.42. The normalized spacial score (nSPS) is 12.2. The Bertz CT molecular complexity index is 354. The Hall–Kier alpha value is -1.62. The molecule has 0 fully saturated rings. The summed E-state index contributed by atoms with van der Waals surface area (Å²) in [7, 11) is 1.41. The third kappa shape index (κ3) is 2.00. The van der Waals surface area contributed by atoms with Crippen LogP contribution in [0.25, 0.3) is 0 Å². The van der Waals surface area contributed by atoms with Gasteiger partial charge < -0.3 is 15.6 Å². The molecule has 14 heavy (non-hydrogen) atoms. The Morgan fingerprint density at radius 3 is 2.79 bits per heavy atom. The Labute approximate surface area is 80.1 Å². The van der Waals surface area contributed by atoms with Crippen molar-refractivity contribution in [1.29, 1.82) is 0 Å². The molecule has 76 valence electrons. The number of nitrogens with two attached hydrogens (primary N) is 1. The van der Waals surface area contributed by atoms with E-state index in [-0.39, 0.29) is 5.56 Å². The lowest BCUT2D eigenvalue weighted by Gasteiger charge is -2.09. The van der Waals surface area contributed by atoms with Crippen LogP contribution in [0.5, 0.6) is 5.75 Å². The van der Waals surface area contributed by atoms with Crippen molar-refractivity contribution >= 4 is 5.97 Å². The first-order valence-electron chi connectivity index (χ1n) is 3.88. The van der Waals surface area contributed by atoms with Crippen molar-refractivity contribution in [3.63, 3.8) is 0 Å². The van der Waals surface area contributed by atoms with Gasteiger partial charge in [-0.1, -0.05) is 0 Å². The fraction of sp³-hybridized carbons (Fsp3) is 0.222. The van der Waals surface area contributed by atoms with E-state index in [9.17, 15) is 9.18 Å². The van der Waals surface area contributed by atoms with E-state index in [1.165, 1.54) is 19.2 Å². The summed E-state index contributed by atoms with van der Waals surface area (Å²) in [5.74, 6) is -1.56. The van der Waals surface area contributed by atoms with E-state index >= 15 is 0 Å². The number of benzene rings is 1. The average Bonchev–Trinajstić information content (AvgIpc) is 2.17. The van der Waals surface area contributed by atoms with E-state index < -0.39 is 17.8 Å². The second-order valence-corrected chi connectivity index (χ2v) is 2.70. The van der Waals surface area contributed by atoms with Gasteiger partial charge in [-0.25, -0.2) is 4.39 Å². The first-order chi connectivity index (χ1) is 6.56. The molecule has 4 nitrogen and oxygen atoms in total. The SMILES string of the molecule is COc1ccc(F)c([C@@H](N)C(=O)O)c1. The number of hydrogen-bond acceptors (Lipinski definition) is 3. The van der Waals surface area contributed by atoms with Crippen molar-refractivity contribution < 1.29 is 19.0 Å². The first kappa shape index (κ1) is 10.5. The minimum absolute atomic E-state index is 0.0862. The van der Waals surface area contributed by atoms with E-state index in [2.05, 4.69) is 0 Å². The molecule has 0 amide bonds. The third-order valence-electron chi connectivity index (χ3n) is 1.80. The molecule has 1 aromatic carbocycles. The molecule has 1 rings (SSSR count). The minimum atomic E-state index is -1.37. The molecule has 0 saturated heterocycles. The van der Waals surface area contributed by atoms with Crippen molar-refractivity contribution in [3.8, 4) is 5.75 Å². The number of halogens is 1. The molecule has 0 aromatic heterocycles. The van der Waals surface area contributed by atoms with Gasteiger partial charge in [-0.05, 0) is 18.2 Å². The van der Waals surface area contributed by atoms with Gasteiger partial charge in [0.15, 0.2) is 0 Å². The lowest BCUT2D eigenvalue weighted by atomic mass is 10.1. The maximum atomic E-state index is 13.1. The van der Waals surface area contributed by atoms with Crippen LogP contribution in [0.1, 0.15) is 11.6 Å². The smallest absolute Gasteiger partial charge is 0.325 e. The highest BCUT2D eigenvalue weighted by atomic mass is 19.1. The molecule has 3 N–H and O–H groups in total. The monoisotopic (exact) mass is 199 g/mol. The predicted octanol–water partition coefficient (Wildman–Crippen LogP) is 0.919. The average molecular weight is 199 g/mol. The van der Waals surface area contributed by atoms with Gasteiger partial charge in [0.2, 0.25) is 0 Å². The molecule has 1 atom stereocenters. The quantitative estimate of drug-likeness (QED) is 0.759. The summed E-state index contributed by atoms with van der Waals surface area (Å²) in [5, 5.41) is 8.59. The van der Waals surface area contributed by atoms with Crippen molar-refractivity contribution in [2.24, 2.45) is 5.73 Å². The molecule has 0 spiro atoms. The van der Waals surface area contributed by atoms with Gasteiger partial charge >= 0.3 is 5.97 Å². The van der Waals surface area contributed by atoms with Crippen molar-refractivity contribution in [2.75, 3.05) is 7.11 Å². The zero-order chi connectivity index (χ0) is 10.7. The molecule has 5 heteroatoms. The van der Waals surface area contributed by atoms with Gasteiger partial charge in [0.1, 0.15) is 17.6 Å². The summed E-state index contributed by atoms with van der Waals surface area (Å²) in [4.78, 5) is 10.5. The Balaban J connectivity index is 3.11. The molecule has 0 unspecified atom stereocenters. The van der Waals surface area contributed by atoms with Gasteiger partial charge in [-0.2, -0.15) is 0 Å². The first-order valence-corrected chi connectivity index (χ1v) is 3.88. The van der Waals surface area contributed by atoms with Crippen LogP contribution in [0, 0.1) is 5.82 Å². The van der Waals surface area contributed by atoms with Gasteiger partial charge in [0.05, 0.1) is 7.11 Å². The van der Waals surface area contributed by atoms with Crippen LogP contribution in [0.4, 0.5) is 4.39 Å². The number of methoxy groups -OCH3 is 1. The number of hydrogen-bond donors (Lipinski definition) is 2. The highest BCUT2D eigenvalue weighted by Gasteiger charge is 2.18.